The van der Waals surface area contributed by atoms with Crippen molar-refractivity contribution in [3.8, 4) is 0 Å². The predicted octanol–water partition coefficient (Wildman–Crippen LogP) is 1.92. The highest BCUT2D eigenvalue weighted by molar-refractivity contribution is 7.98. The Morgan fingerprint density at radius 3 is 3.07 bits per heavy atom. The minimum absolute atomic E-state index is 0.315. The minimum atomic E-state index is 0.315. The number of thioether (sulfide) groups is 1. The van der Waals surface area contributed by atoms with Gasteiger partial charge in [-0.25, -0.2) is 0 Å². The number of rotatable bonds is 4. The minimum Gasteiger partial charge on any atom is -0.339 e. The van der Waals surface area contributed by atoms with Gasteiger partial charge in [0.1, 0.15) is 0 Å². The molecule has 84 valence electrons. The Balaban J connectivity index is 1.94. The molecule has 15 heavy (non-hydrogen) atoms. The Bertz CT molecular complexity index is 315. The van der Waals surface area contributed by atoms with Crippen LogP contribution in [0.2, 0.25) is 0 Å². The second-order valence-corrected chi connectivity index (χ2v) is 5.23. The van der Waals surface area contributed by atoms with Crippen LogP contribution >= 0.6 is 11.8 Å². The van der Waals surface area contributed by atoms with Gasteiger partial charge in [0.05, 0.1) is 5.75 Å². The molecule has 0 aliphatic heterocycles. The molecule has 1 saturated carbocycles. The molecule has 1 aliphatic rings. The van der Waals surface area contributed by atoms with Crippen LogP contribution in [-0.2, 0) is 5.75 Å². The summed E-state index contributed by atoms with van der Waals surface area (Å²) in [4.78, 5) is 4.41. The highest BCUT2D eigenvalue weighted by atomic mass is 32.2. The van der Waals surface area contributed by atoms with E-state index in [1.165, 1.54) is 0 Å². The molecular formula is C10H17N3OS. The molecule has 0 amide bonds. The van der Waals surface area contributed by atoms with Crippen LogP contribution < -0.4 is 5.73 Å². The summed E-state index contributed by atoms with van der Waals surface area (Å²) in [6.07, 6.45) is 3.15. The third kappa shape index (κ3) is 2.72. The van der Waals surface area contributed by atoms with Crippen molar-refractivity contribution in [3.05, 3.63) is 11.7 Å². The van der Waals surface area contributed by atoms with Crippen LogP contribution in [-0.4, -0.2) is 21.9 Å². The molecule has 4 nitrogen and oxygen atoms in total. The number of hydrogen-bond donors (Lipinski definition) is 1. The van der Waals surface area contributed by atoms with Crippen LogP contribution in [0.15, 0.2) is 4.52 Å². The maximum Gasteiger partial charge on any atom is 0.229 e. The number of nitrogens with two attached hydrogens (primary N) is 1. The molecule has 1 aromatic rings. The Kier molecular flexibility index (Phi) is 3.64. The number of aromatic nitrogens is 2. The average molecular weight is 227 g/mol. The van der Waals surface area contributed by atoms with Crippen LogP contribution in [0.4, 0.5) is 0 Å². The van der Waals surface area contributed by atoms with Gasteiger partial charge in [-0.15, -0.1) is 0 Å². The number of nitrogens with zero attached hydrogens (tertiary/aromatic N) is 2. The maximum atomic E-state index is 5.86. The van der Waals surface area contributed by atoms with Crippen molar-refractivity contribution < 1.29 is 4.52 Å². The topological polar surface area (TPSA) is 64.9 Å². The molecule has 0 saturated heterocycles. The van der Waals surface area contributed by atoms with Crippen LogP contribution in [0.1, 0.15) is 43.8 Å². The lowest BCUT2D eigenvalue weighted by atomic mass is 10.1. The van der Waals surface area contributed by atoms with Gasteiger partial charge in [0, 0.05) is 12.0 Å². The molecular weight excluding hydrogens is 210 g/mol. The van der Waals surface area contributed by atoms with Gasteiger partial charge in [0.25, 0.3) is 0 Å². The summed E-state index contributed by atoms with van der Waals surface area (Å²) in [6.45, 7) is 2.13. The maximum absolute atomic E-state index is 5.86. The van der Waals surface area contributed by atoms with Crippen molar-refractivity contribution in [2.75, 3.05) is 5.75 Å². The summed E-state index contributed by atoms with van der Waals surface area (Å²) in [5.41, 5.74) is 5.86. The van der Waals surface area contributed by atoms with E-state index in [9.17, 15) is 0 Å². The molecule has 2 rings (SSSR count). The lowest BCUT2D eigenvalue weighted by Gasteiger charge is -2.01. The highest BCUT2D eigenvalue weighted by Crippen LogP contribution is 2.32. The van der Waals surface area contributed by atoms with Gasteiger partial charge in [-0.05, 0) is 25.0 Å². The molecule has 1 aromatic heterocycles. The van der Waals surface area contributed by atoms with Crippen molar-refractivity contribution in [2.45, 2.75) is 43.9 Å². The molecule has 0 radical (unpaired) electrons. The van der Waals surface area contributed by atoms with Gasteiger partial charge in [0.2, 0.25) is 5.89 Å². The van der Waals surface area contributed by atoms with Crippen LogP contribution in [0.25, 0.3) is 0 Å². The second kappa shape index (κ2) is 4.99. The van der Waals surface area contributed by atoms with Crippen LogP contribution in [0, 0.1) is 0 Å². The van der Waals surface area contributed by atoms with Crippen molar-refractivity contribution >= 4 is 11.8 Å². The smallest absolute Gasteiger partial charge is 0.229 e. The lowest BCUT2D eigenvalue weighted by molar-refractivity contribution is 0.350. The monoisotopic (exact) mass is 227 g/mol. The molecule has 1 fully saturated rings. The van der Waals surface area contributed by atoms with E-state index in [0.717, 1.165) is 42.5 Å². The van der Waals surface area contributed by atoms with Crippen LogP contribution in [0.5, 0.6) is 0 Å². The van der Waals surface area contributed by atoms with E-state index in [1.54, 1.807) is 0 Å². The summed E-state index contributed by atoms with van der Waals surface area (Å²) < 4.78 is 5.26. The van der Waals surface area contributed by atoms with E-state index in [4.69, 9.17) is 10.3 Å². The molecule has 2 N–H and O–H groups in total. The van der Waals surface area contributed by atoms with Crippen molar-refractivity contribution in [2.24, 2.45) is 5.73 Å². The fourth-order valence-electron chi connectivity index (χ4n) is 1.93. The first-order chi connectivity index (χ1) is 7.29. The Labute approximate surface area is 94.0 Å². The first-order valence-corrected chi connectivity index (χ1v) is 6.61. The molecule has 1 heterocycles. The second-order valence-electron chi connectivity index (χ2n) is 3.96. The van der Waals surface area contributed by atoms with Gasteiger partial charge >= 0.3 is 0 Å². The van der Waals surface area contributed by atoms with E-state index >= 15 is 0 Å². The van der Waals surface area contributed by atoms with E-state index in [0.29, 0.717) is 12.0 Å². The van der Waals surface area contributed by atoms with E-state index in [-0.39, 0.29) is 0 Å². The summed E-state index contributed by atoms with van der Waals surface area (Å²) in [6, 6.07) is 0.315. The molecule has 1 aliphatic carbocycles. The normalized spacial score (nSPS) is 26.0. The average Bonchev–Trinajstić information content (AvgIpc) is 2.83. The zero-order valence-electron chi connectivity index (χ0n) is 8.98. The summed E-state index contributed by atoms with van der Waals surface area (Å²) >= 11 is 1.81. The molecule has 0 spiro atoms. The van der Waals surface area contributed by atoms with Gasteiger partial charge in [0.15, 0.2) is 5.82 Å². The fraction of sp³-hybridized carbons (Fsp3) is 0.800. The zero-order chi connectivity index (χ0) is 10.7. The largest absolute Gasteiger partial charge is 0.339 e. The lowest BCUT2D eigenvalue weighted by Crippen LogP contribution is -2.14. The van der Waals surface area contributed by atoms with E-state index in [1.807, 2.05) is 11.8 Å². The fourth-order valence-corrected chi connectivity index (χ4v) is 2.43. The molecule has 0 aromatic carbocycles. The number of hydrogen-bond acceptors (Lipinski definition) is 5. The van der Waals surface area contributed by atoms with Crippen molar-refractivity contribution in [1.82, 2.24) is 10.1 Å². The van der Waals surface area contributed by atoms with Gasteiger partial charge in [-0.1, -0.05) is 12.1 Å². The Morgan fingerprint density at radius 2 is 2.40 bits per heavy atom. The first kappa shape index (κ1) is 11.0. The Hall–Kier alpha value is -0.550. The molecule has 0 bridgehead atoms. The Morgan fingerprint density at radius 1 is 1.53 bits per heavy atom. The zero-order valence-corrected chi connectivity index (χ0v) is 9.80. The molecule has 5 heteroatoms. The third-order valence-corrected chi connectivity index (χ3v) is 3.61. The van der Waals surface area contributed by atoms with Gasteiger partial charge in [-0.2, -0.15) is 16.7 Å². The van der Waals surface area contributed by atoms with Gasteiger partial charge in [-0.3, -0.25) is 0 Å². The predicted molar refractivity (Wildman–Crippen MR) is 60.7 cm³/mol. The standard InChI is InChI=1S/C10H17N3OS/c1-2-15-6-9-12-10(14-13-9)7-3-4-8(11)5-7/h7-8H,2-6,11H2,1H3. The summed E-state index contributed by atoms with van der Waals surface area (Å²) in [5, 5.41) is 3.98. The highest BCUT2D eigenvalue weighted by Gasteiger charge is 2.27. The quantitative estimate of drug-likeness (QED) is 0.851. The van der Waals surface area contributed by atoms with Crippen molar-refractivity contribution in [1.29, 1.82) is 0 Å². The summed E-state index contributed by atoms with van der Waals surface area (Å²) in [7, 11) is 0. The van der Waals surface area contributed by atoms with Crippen molar-refractivity contribution in [3.63, 3.8) is 0 Å². The van der Waals surface area contributed by atoms with E-state index < -0.39 is 0 Å². The van der Waals surface area contributed by atoms with Crippen LogP contribution in [0.3, 0.4) is 0 Å². The van der Waals surface area contributed by atoms with Gasteiger partial charge < -0.3 is 10.3 Å². The third-order valence-electron chi connectivity index (χ3n) is 2.74. The SMILES string of the molecule is CCSCc1noc(C2CCC(N)C2)n1. The summed E-state index contributed by atoms with van der Waals surface area (Å²) in [5.74, 6) is 3.93. The molecule has 2 unspecified atom stereocenters. The molecule has 2 atom stereocenters. The first-order valence-electron chi connectivity index (χ1n) is 5.45. The van der Waals surface area contributed by atoms with E-state index in [2.05, 4.69) is 17.1 Å².